The zero-order valence-corrected chi connectivity index (χ0v) is 10.1. The monoisotopic (exact) mass is 225 g/mol. The van der Waals surface area contributed by atoms with Crippen LogP contribution in [0.4, 0.5) is 0 Å². The molecule has 0 radical (unpaired) electrons. The summed E-state index contributed by atoms with van der Waals surface area (Å²) in [6.45, 7) is 2.82. The molecule has 2 saturated carbocycles. The van der Waals surface area contributed by atoms with Crippen molar-refractivity contribution < 1.29 is 9.90 Å². The fourth-order valence-electron chi connectivity index (χ4n) is 4.24. The third kappa shape index (κ3) is 1.97. The number of carboxylic acids is 1. The van der Waals surface area contributed by atoms with Gasteiger partial charge in [-0.1, -0.05) is 19.8 Å². The van der Waals surface area contributed by atoms with Crippen LogP contribution in [0.3, 0.4) is 0 Å². The summed E-state index contributed by atoms with van der Waals surface area (Å²) in [6, 6.07) is 0. The molecule has 0 unspecified atom stereocenters. The normalized spacial score (nSPS) is 43.0. The lowest BCUT2D eigenvalue weighted by Crippen LogP contribution is -2.41. The molecule has 2 bridgehead atoms. The molecule has 0 aliphatic heterocycles. The Morgan fingerprint density at radius 1 is 1.50 bits per heavy atom. The molecule has 92 valence electrons. The van der Waals surface area contributed by atoms with E-state index in [0.717, 1.165) is 12.3 Å². The average molecular weight is 225 g/mol. The van der Waals surface area contributed by atoms with Crippen molar-refractivity contribution in [2.75, 3.05) is 6.54 Å². The number of carbonyl (C=O) groups is 1. The summed E-state index contributed by atoms with van der Waals surface area (Å²) in [5, 5.41) is 9.11. The molecule has 2 aliphatic carbocycles. The van der Waals surface area contributed by atoms with Crippen LogP contribution in [-0.2, 0) is 4.79 Å². The number of rotatable bonds is 3. The standard InChI is InChI=1S/C13H23NO2/c1-9-5-10-3-2-4-13(8-14,7-12(15)16)11(9)6-10/h9-11H,2-8,14H2,1H3,(H,15,16)/t9-,10+,11+,13+/m1/s1. The Kier molecular flexibility index (Phi) is 3.24. The van der Waals surface area contributed by atoms with Crippen LogP contribution in [0.2, 0.25) is 0 Å². The summed E-state index contributed by atoms with van der Waals surface area (Å²) in [4.78, 5) is 11.1. The molecule has 0 aromatic heterocycles. The van der Waals surface area contributed by atoms with Crippen LogP contribution in [-0.4, -0.2) is 17.6 Å². The number of carboxylic acid groups (broad SMARTS) is 1. The van der Waals surface area contributed by atoms with Crippen LogP contribution in [0.1, 0.15) is 45.4 Å². The first-order valence-corrected chi connectivity index (χ1v) is 6.49. The minimum atomic E-state index is -0.678. The van der Waals surface area contributed by atoms with Gasteiger partial charge in [-0.2, -0.15) is 0 Å². The predicted octanol–water partition coefficient (Wildman–Crippen LogP) is 2.25. The molecule has 3 N–H and O–H groups in total. The van der Waals surface area contributed by atoms with Crippen molar-refractivity contribution in [3.05, 3.63) is 0 Å². The summed E-state index contributed by atoms with van der Waals surface area (Å²) in [7, 11) is 0. The Morgan fingerprint density at radius 2 is 2.25 bits per heavy atom. The summed E-state index contributed by atoms with van der Waals surface area (Å²) in [5.41, 5.74) is 5.82. The maximum absolute atomic E-state index is 11.1. The zero-order chi connectivity index (χ0) is 11.8. The van der Waals surface area contributed by atoms with Gasteiger partial charge in [-0.25, -0.2) is 0 Å². The number of hydrogen-bond donors (Lipinski definition) is 2. The highest BCUT2D eigenvalue weighted by atomic mass is 16.4. The molecule has 2 aliphatic rings. The molecule has 3 nitrogen and oxygen atoms in total. The molecule has 3 heteroatoms. The molecule has 4 atom stereocenters. The molecule has 2 rings (SSSR count). The summed E-state index contributed by atoms with van der Waals surface area (Å²) >= 11 is 0. The molecular formula is C13H23NO2. The fourth-order valence-corrected chi connectivity index (χ4v) is 4.24. The van der Waals surface area contributed by atoms with E-state index in [2.05, 4.69) is 6.92 Å². The van der Waals surface area contributed by atoms with E-state index >= 15 is 0 Å². The molecule has 0 aromatic carbocycles. The molecule has 16 heavy (non-hydrogen) atoms. The fraction of sp³-hybridized carbons (Fsp3) is 0.923. The van der Waals surface area contributed by atoms with Gasteiger partial charge in [0.05, 0.1) is 6.42 Å². The van der Waals surface area contributed by atoms with Crippen molar-refractivity contribution in [3.63, 3.8) is 0 Å². The minimum Gasteiger partial charge on any atom is -0.481 e. The first-order valence-electron chi connectivity index (χ1n) is 6.49. The number of nitrogens with two attached hydrogens (primary N) is 1. The Hall–Kier alpha value is -0.570. The van der Waals surface area contributed by atoms with Crippen LogP contribution in [0.5, 0.6) is 0 Å². The van der Waals surface area contributed by atoms with Crippen LogP contribution < -0.4 is 5.73 Å². The van der Waals surface area contributed by atoms with Crippen molar-refractivity contribution >= 4 is 5.97 Å². The smallest absolute Gasteiger partial charge is 0.303 e. The van der Waals surface area contributed by atoms with Crippen molar-refractivity contribution in [1.29, 1.82) is 0 Å². The number of hydrogen-bond acceptors (Lipinski definition) is 2. The topological polar surface area (TPSA) is 63.3 Å². The Balaban J connectivity index is 2.23. The maximum atomic E-state index is 11.1. The first-order chi connectivity index (χ1) is 7.57. The van der Waals surface area contributed by atoms with Crippen molar-refractivity contribution in [2.24, 2.45) is 28.9 Å². The second-order valence-electron chi connectivity index (χ2n) is 5.95. The van der Waals surface area contributed by atoms with Gasteiger partial charge in [-0.05, 0) is 49.0 Å². The van der Waals surface area contributed by atoms with Gasteiger partial charge in [0.15, 0.2) is 0 Å². The van der Waals surface area contributed by atoms with Crippen molar-refractivity contribution in [2.45, 2.75) is 45.4 Å². The SMILES string of the molecule is C[C@@H]1C[C@@H]2CCC[C@@](CN)(CC(=O)O)[C@H]1C2. The van der Waals surface area contributed by atoms with Crippen LogP contribution in [0.25, 0.3) is 0 Å². The van der Waals surface area contributed by atoms with Gasteiger partial charge in [0.1, 0.15) is 0 Å². The maximum Gasteiger partial charge on any atom is 0.303 e. The average Bonchev–Trinajstić information content (AvgIpc) is 2.47. The van der Waals surface area contributed by atoms with Gasteiger partial charge in [0.25, 0.3) is 0 Å². The van der Waals surface area contributed by atoms with Gasteiger partial charge in [-0.15, -0.1) is 0 Å². The van der Waals surface area contributed by atoms with Gasteiger partial charge in [-0.3, -0.25) is 4.79 Å². The van der Waals surface area contributed by atoms with Crippen molar-refractivity contribution in [3.8, 4) is 0 Å². The zero-order valence-electron chi connectivity index (χ0n) is 10.1. The highest BCUT2D eigenvalue weighted by Gasteiger charge is 2.48. The Labute approximate surface area is 97.4 Å². The highest BCUT2D eigenvalue weighted by molar-refractivity contribution is 5.67. The molecule has 0 aromatic rings. The van der Waals surface area contributed by atoms with Gasteiger partial charge in [0.2, 0.25) is 0 Å². The third-order valence-corrected chi connectivity index (χ3v) is 4.96. The van der Waals surface area contributed by atoms with E-state index in [1.54, 1.807) is 0 Å². The van der Waals surface area contributed by atoms with E-state index in [1.807, 2.05) is 0 Å². The van der Waals surface area contributed by atoms with E-state index in [9.17, 15) is 4.79 Å². The molecular weight excluding hydrogens is 202 g/mol. The second-order valence-corrected chi connectivity index (χ2v) is 5.95. The quantitative estimate of drug-likeness (QED) is 0.774. The number of aliphatic carboxylic acids is 1. The van der Waals surface area contributed by atoms with E-state index in [4.69, 9.17) is 10.8 Å². The van der Waals surface area contributed by atoms with E-state index in [0.29, 0.717) is 18.4 Å². The lowest BCUT2D eigenvalue weighted by molar-refractivity contribution is -0.141. The Morgan fingerprint density at radius 3 is 2.88 bits per heavy atom. The second kappa shape index (κ2) is 4.36. The molecule has 0 spiro atoms. The van der Waals surface area contributed by atoms with Gasteiger partial charge < -0.3 is 10.8 Å². The first kappa shape index (κ1) is 11.9. The van der Waals surface area contributed by atoms with Crippen LogP contribution in [0.15, 0.2) is 0 Å². The number of fused-ring (bicyclic) bond motifs is 2. The third-order valence-electron chi connectivity index (χ3n) is 4.96. The van der Waals surface area contributed by atoms with E-state index in [-0.39, 0.29) is 11.8 Å². The van der Waals surface area contributed by atoms with Crippen molar-refractivity contribution in [1.82, 2.24) is 0 Å². The summed E-state index contributed by atoms with van der Waals surface area (Å²) in [6.07, 6.45) is 6.23. The lowest BCUT2D eigenvalue weighted by Gasteiger charge is -2.39. The molecule has 2 fully saturated rings. The van der Waals surface area contributed by atoms with Gasteiger partial charge in [0, 0.05) is 0 Å². The molecule has 0 amide bonds. The predicted molar refractivity (Wildman–Crippen MR) is 63.0 cm³/mol. The largest absolute Gasteiger partial charge is 0.481 e. The molecule has 0 heterocycles. The molecule has 0 saturated heterocycles. The summed E-state index contributed by atoms with van der Waals surface area (Å²) in [5.74, 6) is 1.36. The van der Waals surface area contributed by atoms with Crippen LogP contribution in [0, 0.1) is 23.2 Å². The van der Waals surface area contributed by atoms with Gasteiger partial charge >= 0.3 is 5.97 Å². The minimum absolute atomic E-state index is 0.115. The van der Waals surface area contributed by atoms with E-state index < -0.39 is 5.97 Å². The van der Waals surface area contributed by atoms with E-state index in [1.165, 1.54) is 25.7 Å². The lowest BCUT2D eigenvalue weighted by atomic mass is 9.66. The summed E-state index contributed by atoms with van der Waals surface area (Å²) < 4.78 is 0. The van der Waals surface area contributed by atoms with Crippen LogP contribution >= 0.6 is 0 Å². The highest BCUT2D eigenvalue weighted by Crippen LogP contribution is 2.54. The Bertz CT molecular complexity index is 279.